The van der Waals surface area contributed by atoms with Crippen LogP contribution in [0.2, 0.25) is 0 Å². The van der Waals surface area contributed by atoms with Crippen molar-refractivity contribution in [2.24, 2.45) is 5.16 Å². The molecule has 3 aromatic rings. The Balaban J connectivity index is 1.56. The summed E-state index contributed by atoms with van der Waals surface area (Å²) in [6, 6.07) is 13.6. The van der Waals surface area contributed by atoms with Gasteiger partial charge in [-0.25, -0.2) is 0 Å². The second kappa shape index (κ2) is 6.12. The van der Waals surface area contributed by atoms with Crippen molar-refractivity contribution in [3.05, 3.63) is 59.3 Å². The lowest BCUT2D eigenvalue weighted by Crippen LogP contribution is -1.88. The zero-order valence-corrected chi connectivity index (χ0v) is 11.3. The number of hydrogen-bond acceptors (Lipinski definition) is 6. The minimum Gasteiger partial charge on any atom is -0.386 e. The molecular weight excluding hydrogens is 274 g/mol. The Hall–Kier alpha value is -2.47. The van der Waals surface area contributed by atoms with Crippen molar-refractivity contribution < 1.29 is 9.36 Å². The van der Waals surface area contributed by atoms with E-state index in [1.165, 1.54) is 0 Å². The topological polar surface area (TPSA) is 60.5 Å². The lowest BCUT2D eigenvalue weighted by molar-refractivity contribution is 0.107. The summed E-state index contributed by atoms with van der Waals surface area (Å²) in [5, 5.41) is 9.71. The highest BCUT2D eigenvalue weighted by atomic mass is 32.1. The van der Waals surface area contributed by atoms with E-state index in [2.05, 4.69) is 15.3 Å². The Morgan fingerprint density at radius 1 is 1.20 bits per heavy atom. The minimum absolute atomic E-state index is 0.154. The fraction of sp³-hybridized carbons (Fsp3) is 0.0714. The number of rotatable bonds is 5. The fourth-order valence-corrected chi connectivity index (χ4v) is 2.20. The van der Waals surface area contributed by atoms with Gasteiger partial charge in [0.1, 0.15) is 0 Å². The maximum absolute atomic E-state index is 5.13. The minimum atomic E-state index is 0.154. The van der Waals surface area contributed by atoms with Gasteiger partial charge in [-0.15, -0.1) is 11.3 Å². The van der Waals surface area contributed by atoms with Crippen LogP contribution in [0.25, 0.3) is 10.7 Å². The average molecular weight is 285 g/mol. The summed E-state index contributed by atoms with van der Waals surface area (Å²) in [5.41, 5.74) is 0.970. The van der Waals surface area contributed by atoms with Crippen LogP contribution in [0.1, 0.15) is 11.5 Å². The van der Waals surface area contributed by atoms with Gasteiger partial charge in [-0.1, -0.05) is 46.7 Å². The van der Waals surface area contributed by atoms with Crippen LogP contribution >= 0.6 is 11.3 Å². The zero-order chi connectivity index (χ0) is 13.6. The van der Waals surface area contributed by atoms with Crippen molar-refractivity contribution in [2.45, 2.75) is 6.61 Å². The molecule has 5 nitrogen and oxygen atoms in total. The molecule has 20 heavy (non-hydrogen) atoms. The maximum atomic E-state index is 5.13. The van der Waals surface area contributed by atoms with Gasteiger partial charge in [-0.05, 0) is 17.0 Å². The molecule has 0 N–H and O–H groups in total. The van der Waals surface area contributed by atoms with E-state index in [1.54, 1.807) is 17.6 Å². The van der Waals surface area contributed by atoms with E-state index in [0.29, 0.717) is 11.7 Å². The van der Waals surface area contributed by atoms with E-state index >= 15 is 0 Å². The predicted molar refractivity (Wildman–Crippen MR) is 76.4 cm³/mol. The molecule has 0 bridgehead atoms. The third-order valence-corrected chi connectivity index (χ3v) is 3.34. The molecule has 2 heterocycles. The second-order valence-electron chi connectivity index (χ2n) is 3.91. The van der Waals surface area contributed by atoms with Crippen LogP contribution in [0, 0.1) is 0 Å². The molecule has 100 valence electrons. The highest BCUT2D eigenvalue weighted by Crippen LogP contribution is 2.21. The Morgan fingerprint density at radius 2 is 2.10 bits per heavy atom. The molecule has 0 atom stereocenters. The second-order valence-corrected chi connectivity index (χ2v) is 4.86. The van der Waals surface area contributed by atoms with Gasteiger partial charge in [0.25, 0.3) is 5.89 Å². The number of nitrogens with zero attached hydrogens (tertiary/aromatic N) is 3. The van der Waals surface area contributed by atoms with Crippen molar-refractivity contribution in [1.29, 1.82) is 0 Å². The van der Waals surface area contributed by atoms with Crippen molar-refractivity contribution >= 4 is 17.6 Å². The van der Waals surface area contributed by atoms with Crippen molar-refractivity contribution in [2.75, 3.05) is 0 Å². The largest absolute Gasteiger partial charge is 0.386 e. The van der Waals surface area contributed by atoms with E-state index in [0.717, 1.165) is 10.4 Å². The summed E-state index contributed by atoms with van der Waals surface area (Å²) in [7, 11) is 0. The molecule has 0 amide bonds. The number of aromatic nitrogens is 2. The third-order valence-electron chi connectivity index (χ3n) is 2.47. The maximum Gasteiger partial charge on any atom is 0.267 e. The van der Waals surface area contributed by atoms with Crippen LogP contribution in [-0.4, -0.2) is 16.4 Å². The van der Waals surface area contributed by atoms with Gasteiger partial charge in [0, 0.05) is 0 Å². The van der Waals surface area contributed by atoms with Crippen LogP contribution in [0.15, 0.2) is 57.5 Å². The quantitative estimate of drug-likeness (QED) is 0.533. The van der Waals surface area contributed by atoms with Gasteiger partial charge >= 0.3 is 0 Å². The van der Waals surface area contributed by atoms with E-state index in [9.17, 15) is 0 Å². The van der Waals surface area contributed by atoms with Crippen LogP contribution in [0.4, 0.5) is 0 Å². The van der Waals surface area contributed by atoms with Gasteiger partial charge < -0.3 is 9.36 Å². The van der Waals surface area contributed by atoms with E-state index in [1.807, 2.05) is 47.8 Å². The molecule has 3 rings (SSSR count). The Kier molecular flexibility index (Phi) is 3.84. The molecule has 1 aromatic carbocycles. The molecule has 6 heteroatoms. The zero-order valence-electron chi connectivity index (χ0n) is 10.5. The van der Waals surface area contributed by atoms with Crippen LogP contribution in [0.3, 0.4) is 0 Å². The number of oxime groups is 1. The van der Waals surface area contributed by atoms with Gasteiger partial charge in [0.15, 0.2) is 6.61 Å². The number of benzene rings is 1. The number of thiophene rings is 1. The predicted octanol–water partition coefficient (Wildman–Crippen LogP) is 3.35. The first-order valence-electron chi connectivity index (χ1n) is 5.99. The summed E-state index contributed by atoms with van der Waals surface area (Å²) in [6.07, 6.45) is 1.64. The van der Waals surface area contributed by atoms with E-state index in [4.69, 9.17) is 9.36 Å². The standard InChI is InChI=1S/C14H11N3O2S/c1-2-5-11(6-3-1)9-15-18-10-13-16-14(17-19-13)12-7-4-8-20-12/h1-9H,10H2/b15-9-. The molecule has 0 radical (unpaired) electrons. The summed E-state index contributed by atoms with van der Waals surface area (Å²) in [4.78, 5) is 10.3. The summed E-state index contributed by atoms with van der Waals surface area (Å²) < 4.78 is 5.09. The smallest absolute Gasteiger partial charge is 0.267 e. The van der Waals surface area contributed by atoms with Crippen LogP contribution < -0.4 is 0 Å². The van der Waals surface area contributed by atoms with Crippen molar-refractivity contribution in [3.8, 4) is 10.7 Å². The molecule has 0 aliphatic heterocycles. The third kappa shape index (κ3) is 3.10. The molecule has 0 aliphatic rings. The molecule has 2 aromatic heterocycles. The van der Waals surface area contributed by atoms with Gasteiger partial charge in [0.05, 0.1) is 11.1 Å². The monoisotopic (exact) mass is 285 g/mol. The highest BCUT2D eigenvalue weighted by Gasteiger charge is 2.09. The molecule has 0 saturated carbocycles. The normalized spacial score (nSPS) is 11.0. The Bertz CT molecular complexity index is 678. The molecule has 0 spiro atoms. The molecular formula is C14H11N3O2S. The molecule has 0 fully saturated rings. The SMILES string of the molecule is C(=N/OCc1nc(-c2cccs2)no1)/c1ccccc1. The average Bonchev–Trinajstić information content (AvgIpc) is 3.15. The molecule has 0 saturated heterocycles. The lowest BCUT2D eigenvalue weighted by Gasteiger charge is -1.93. The van der Waals surface area contributed by atoms with Gasteiger partial charge in [0.2, 0.25) is 5.82 Å². The Labute approximate surface area is 119 Å². The Morgan fingerprint density at radius 3 is 2.90 bits per heavy atom. The van der Waals surface area contributed by atoms with E-state index < -0.39 is 0 Å². The summed E-state index contributed by atoms with van der Waals surface area (Å²) in [5.74, 6) is 0.976. The number of hydrogen-bond donors (Lipinski definition) is 0. The van der Waals surface area contributed by atoms with E-state index in [-0.39, 0.29) is 6.61 Å². The van der Waals surface area contributed by atoms with Crippen LogP contribution in [-0.2, 0) is 11.4 Å². The van der Waals surface area contributed by atoms with Crippen molar-refractivity contribution in [3.63, 3.8) is 0 Å². The molecule has 0 unspecified atom stereocenters. The fourth-order valence-electron chi connectivity index (χ4n) is 1.55. The van der Waals surface area contributed by atoms with Crippen LogP contribution in [0.5, 0.6) is 0 Å². The highest BCUT2D eigenvalue weighted by molar-refractivity contribution is 7.13. The lowest BCUT2D eigenvalue weighted by atomic mass is 10.2. The first kappa shape index (κ1) is 12.6. The first-order chi connectivity index (χ1) is 9.92. The van der Waals surface area contributed by atoms with Gasteiger partial charge in [-0.3, -0.25) is 0 Å². The summed E-state index contributed by atoms with van der Waals surface area (Å²) in [6.45, 7) is 0.154. The van der Waals surface area contributed by atoms with Gasteiger partial charge in [-0.2, -0.15) is 4.98 Å². The van der Waals surface area contributed by atoms with Crippen molar-refractivity contribution in [1.82, 2.24) is 10.1 Å². The molecule has 0 aliphatic carbocycles. The first-order valence-corrected chi connectivity index (χ1v) is 6.86. The summed E-state index contributed by atoms with van der Waals surface area (Å²) >= 11 is 1.56.